The number of nitrogens with one attached hydrogen (secondary N) is 1. The van der Waals surface area contributed by atoms with E-state index in [1.165, 1.54) is 7.11 Å². The number of rotatable bonds is 2. The lowest BCUT2D eigenvalue weighted by atomic mass is 10.2. The van der Waals surface area contributed by atoms with Crippen molar-refractivity contribution in [2.75, 3.05) is 26.8 Å². The van der Waals surface area contributed by atoms with Crippen molar-refractivity contribution in [1.82, 2.24) is 5.32 Å². The van der Waals surface area contributed by atoms with Gasteiger partial charge < -0.3 is 19.2 Å². The number of furan rings is 1. The highest BCUT2D eigenvalue weighted by Crippen LogP contribution is 2.21. The van der Waals surface area contributed by atoms with Crippen molar-refractivity contribution in [3.8, 4) is 0 Å². The Morgan fingerprint density at radius 2 is 2.47 bits per heavy atom. The molecule has 1 atom stereocenters. The summed E-state index contributed by atoms with van der Waals surface area (Å²) in [7, 11) is 1.32. The van der Waals surface area contributed by atoms with E-state index in [1.54, 1.807) is 12.1 Å². The van der Waals surface area contributed by atoms with Gasteiger partial charge in [-0.1, -0.05) is 0 Å². The highest BCUT2D eigenvalue weighted by Gasteiger charge is 2.21. The van der Waals surface area contributed by atoms with Crippen LogP contribution in [0.3, 0.4) is 0 Å². The van der Waals surface area contributed by atoms with E-state index in [9.17, 15) is 4.79 Å². The van der Waals surface area contributed by atoms with E-state index in [0.29, 0.717) is 18.9 Å². The molecule has 1 aliphatic rings. The Bertz CT molecular complexity index is 341. The first-order valence-electron chi connectivity index (χ1n) is 4.81. The quantitative estimate of drug-likeness (QED) is 0.730. The van der Waals surface area contributed by atoms with Gasteiger partial charge in [0.1, 0.15) is 11.9 Å². The van der Waals surface area contributed by atoms with Gasteiger partial charge in [0, 0.05) is 13.1 Å². The average molecular weight is 211 g/mol. The second kappa shape index (κ2) is 4.46. The topological polar surface area (TPSA) is 60.7 Å². The highest BCUT2D eigenvalue weighted by molar-refractivity contribution is 5.86. The minimum absolute atomic E-state index is 0.114. The van der Waals surface area contributed by atoms with Crippen LogP contribution in [-0.4, -0.2) is 32.8 Å². The van der Waals surface area contributed by atoms with Crippen LogP contribution in [0.25, 0.3) is 0 Å². The number of hydrogen-bond donors (Lipinski definition) is 1. The van der Waals surface area contributed by atoms with E-state index >= 15 is 0 Å². The van der Waals surface area contributed by atoms with Crippen molar-refractivity contribution < 1.29 is 18.7 Å². The third-order valence-corrected chi connectivity index (χ3v) is 2.26. The van der Waals surface area contributed by atoms with Crippen LogP contribution >= 0.6 is 0 Å². The Morgan fingerprint density at radius 1 is 1.60 bits per heavy atom. The fourth-order valence-electron chi connectivity index (χ4n) is 1.48. The van der Waals surface area contributed by atoms with Crippen LogP contribution in [0.2, 0.25) is 0 Å². The number of methoxy groups -OCH3 is 1. The molecule has 5 heteroatoms. The summed E-state index contributed by atoms with van der Waals surface area (Å²) in [6.45, 7) is 2.20. The first kappa shape index (κ1) is 10.2. The molecule has 5 nitrogen and oxygen atoms in total. The van der Waals surface area contributed by atoms with Gasteiger partial charge in [0.2, 0.25) is 5.76 Å². The SMILES string of the molecule is COC(=O)c1ccc(C2CNCCO2)o1. The fraction of sp³-hybridized carbons (Fsp3) is 0.500. The van der Waals surface area contributed by atoms with E-state index in [4.69, 9.17) is 9.15 Å². The van der Waals surface area contributed by atoms with E-state index < -0.39 is 5.97 Å². The van der Waals surface area contributed by atoms with Crippen LogP contribution in [0.5, 0.6) is 0 Å². The summed E-state index contributed by atoms with van der Waals surface area (Å²) in [5, 5.41) is 3.18. The molecule has 0 aliphatic carbocycles. The Hall–Kier alpha value is -1.33. The molecule has 1 fully saturated rings. The van der Waals surface area contributed by atoms with Crippen molar-refractivity contribution in [3.05, 3.63) is 23.7 Å². The number of esters is 1. The van der Waals surface area contributed by atoms with Gasteiger partial charge in [0.25, 0.3) is 0 Å². The Kier molecular flexibility index (Phi) is 3.03. The first-order valence-corrected chi connectivity index (χ1v) is 4.81. The van der Waals surface area contributed by atoms with E-state index in [2.05, 4.69) is 10.1 Å². The molecule has 1 unspecified atom stereocenters. The molecule has 0 spiro atoms. The van der Waals surface area contributed by atoms with Gasteiger partial charge in [0.15, 0.2) is 0 Å². The van der Waals surface area contributed by atoms with Crippen LogP contribution in [0, 0.1) is 0 Å². The predicted molar refractivity (Wildman–Crippen MR) is 51.6 cm³/mol. The lowest BCUT2D eigenvalue weighted by Crippen LogP contribution is -2.33. The molecule has 0 saturated carbocycles. The second-order valence-corrected chi connectivity index (χ2v) is 3.26. The molecule has 0 bridgehead atoms. The van der Waals surface area contributed by atoms with Crippen molar-refractivity contribution >= 4 is 5.97 Å². The number of ether oxygens (including phenoxy) is 2. The van der Waals surface area contributed by atoms with Gasteiger partial charge in [-0.05, 0) is 12.1 Å². The molecular weight excluding hydrogens is 198 g/mol. The van der Waals surface area contributed by atoms with E-state index in [0.717, 1.165) is 6.54 Å². The lowest BCUT2D eigenvalue weighted by Gasteiger charge is -2.21. The normalized spacial score (nSPS) is 21.3. The molecule has 1 aromatic rings. The summed E-state index contributed by atoms with van der Waals surface area (Å²) in [5.41, 5.74) is 0. The van der Waals surface area contributed by atoms with Crippen LogP contribution < -0.4 is 5.32 Å². The molecule has 0 aromatic carbocycles. The van der Waals surface area contributed by atoms with E-state index in [-0.39, 0.29) is 11.9 Å². The summed E-state index contributed by atoms with van der Waals surface area (Å²) >= 11 is 0. The molecular formula is C10H13NO4. The fourth-order valence-corrected chi connectivity index (χ4v) is 1.48. The third kappa shape index (κ3) is 2.19. The third-order valence-electron chi connectivity index (χ3n) is 2.26. The highest BCUT2D eigenvalue weighted by atomic mass is 16.5. The zero-order valence-electron chi connectivity index (χ0n) is 8.49. The molecule has 0 radical (unpaired) electrons. The van der Waals surface area contributed by atoms with Gasteiger partial charge in [-0.3, -0.25) is 0 Å². The predicted octanol–water partition coefficient (Wildman–Crippen LogP) is 0.727. The standard InChI is InChI=1S/C10H13NO4/c1-13-10(12)8-3-2-7(15-8)9-6-11-4-5-14-9/h2-3,9,11H,4-6H2,1H3. The maximum atomic E-state index is 11.1. The molecule has 1 N–H and O–H groups in total. The Balaban J connectivity index is 2.08. The first-order chi connectivity index (χ1) is 7.31. The molecule has 0 amide bonds. The number of morpholine rings is 1. The Morgan fingerprint density at radius 3 is 3.13 bits per heavy atom. The number of carbonyl (C=O) groups excluding carboxylic acids is 1. The van der Waals surface area contributed by atoms with Crippen molar-refractivity contribution in [1.29, 1.82) is 0 Å². The average Bonchev–Trinajstić information content (AvgIpc) is 2.78. The molecule has 1 aliphatic heterocycles. The van der Waals surface area contributed by atoms with E-state index in [1.807, 2.05) is 0 Å². The molecule has 1 saturated heterocycles. The summed E-state index contributed by atoms with van der Waals surface area (Å²) in [6.07, 6.45) is -0.114. The van der Waals surface area contributed by atoms with Crippen molar-refractivity contribution in [3.63, 3.8) is 0 Å². The second-order valence-electron chi connectivity index (χ2n) is 3.26. The number of carbonyl (C=O) groups is 1. The van der Waals surface area contributed by atoms with Crippen LogP contribution in [0.1, 0.15) is 22.4 Å². The Labute approximate surface area is 87.3 Å². The smallest absolute Gasteiger partial charge is 0.373 e. The zero-order chi connectivity index (χ0) is 10.7. The molecule has 2 rings (SSSR count). The van der Waals surface area contributed by atoms with Gasteiger partial charge in [-0.15, -0.1) is 0 Å². The van der Waals surface area contributed by atoms with Gasteiger partial charge in [-0.2, -0.15) is 0 Å². The summed E-state index contributed by atoms with van der Waals surface area (Å²) in [6, 6.07) is 3.34. The maximum absolute atomic E-state index is 11.1. The largest absolute Gasteiger partial charge is 0.463 e. The molecule has 82 valence electrons. The summed E-state index contributed by atoms with van der Waals surface area (Å²) < 4.78 is 15.4. The van der Waals surface area contributed by atoms with Gasteiger partial charge in [-0.25, -0.2) is 4.79 Å². The molecule has 1 aromatic heterocycles. The van der Waals surface area contributed by atoms with Gasteiger partial charge in [0.05, 0.1) is 13.7 Å². The van der Waals surface area contributed by atoms with Crippen molar-refractivity contribution in [2.45, 2.75) is 6.10 Å². The maximum Gasteiger partial charge on any atom is 0.373 e. The van der Waals surface area contributed by atoms with Crippen LogP contribution in [0.15, 0.2) is 16.5 Å². The lowest BCUT2D eigenvalue weighted by molar-refractivity contribution is 0.0128. The molecule has 15 heavy (non-hydrogen) atoms. The van der Waals surface area contributed by atoms with Crippen LogP contribution in [0.4, 0.5) is 0 Å². The van der Waals surface area contributed by atoms with Crippen LogP contribution in [-0.2, 0) is 9.47 Å². The zero-order valence-corrected chi connectivity index (χ0v) is 8.49. The number of hydrogen-bond acceptors (Lipinski definition) is 5. The minimum Gasteiger partial charge on any atom is -0.463 e. The molecule has 2 heterocycles. The monoisotopic (exact) mass is 211 g/mol. The minimum atomic E-state index is -0.468. The van der Waals surface area contributed by atoms with Crippen molar-refractivity contribution in [2.24, 2.45) is 0 Å². The van der Waals surface area contributed by atoms with Gasteiger partial charge >= 0.3 is 5.97 Å². The summed E-state index contributed by atoms with van der Waals surface area (Å²) in [5.74, 6) is 0.397. The summed E-state index contributed by atoms with van der Waals surface area (Å²) in [4.78, 5) is 11.1.